The average molecular weight is 460 g/mol. The second kappa shape index (κ2) is 9.60. The second-order valence-electron chi connectivity index (χ2n) is 7.86. The molecule has 1 aliphatic rings. The normalized spacial score (nSPS) is 14.2. The molecule has 2 aromatic rings. The van der Waals surface area contributed by atoms with Crippen LogP contribution in [-0.4, -0.2) is 63.0 Å². The van der Waals surface area contributed by atoms with Crippen molar-refractivity contribution in [3.63, 3.8) is 0 Å². The van der Waals surface area contributed by atoms with Crippen LogP contribution in [0.2, 0.25) is 0 Å². The molecule has 1 saturated heterocycles. The van der Waals surface area contributed by atoms with E-state index in [2.05, 4.69) is 4.72 Å². The van der Waals surface area contributed by atoms with Gasteiger partial charge in [-0.25, -0.2) is 13.2 Å². The van der Waals surface area contributed by atoms with E-state index < -0.39 is 16.1 Å². The van der Waals surface area contributed by atoms with E-state index in [1.165, 1.54) is 0 Å². The third kappa shape index (κ3) is 5.04. The molecule has 0 aliphatic carbocycles. The van der Waals surface area contributed by atoms with Crippen LogP contribution in [-0.2, 0) is 14.8 Å². The van der Waals surface area contributed by atoms with Gasteiger partial charge in [0.25, 0.3) is 15.9 Å². The molecular weight excluding hydrogens is 430 g/mol. The first-order valence-electron chi connectivity index (χ1n) is 10.5. The highest BCUT2D eigenvalue weighted by Crippen LogP contribution is 2.26. The molecule has 0 radical (unpaired) electrons. The first-order valence-corrected chi connectivity index (χ1v) is 12.0. The number of anilines is 1. The summed E-state index contributed by atoms with van der Waals surface area (Å²) in [6.07, 6.45) is -0.392. The monoisotopic (exact) mass is 459 g/mol. The van der Waals surface area contributed by atoms with Crippen LogP contribution in [0.4, 0.5) is 10.5 Å². The van der Waals surface area contributed by atoms with E-state index >= 15 is 0 Å². The van der Waals surface area contributed by atoms with Crippen LogP contribution in [0.1, 0.15) is 34.0 Å². The summed E-state index contributed by atoms with van der Waals surface area (Å²) in [5, 5.41) is 0. The van der Waals surface area contributed by atoms with E-state index in [4.69, 9.17) is 4.74 Å². The van der Waals surface area contributed by atoms with Crippen LogP contribution < -0.4 is 4.72 Å². The molecule has 0 atom stereocenters. The predicted molar refractivity (Wildman–Crippen MR) is 122 cm³/mol. The van der Waals surface area contributed by atoms with E-state index in [1.807, 2.05) is 19.1 Å². The number of benzene rings is 2. The molecule has 1 N–H and O–H groups in total. The van der Waals surface area contributed by atoms with Gasteiger partial charge in [-0.2, -0.15) is 0 Å². The minimum Gasteiger partial charge on any atom is -0.450 e. The third-order valence-corrected chi connectivity index (χ3v) is 7.04. The first-order chi connectivity index (χ1) is 15.1. The van der Waals surface area contributed by atoms with Crippen LogP contribution in [0.3, 0.4) is 0 Å². The Bertz CT molecular complexity index is 1100. The maximum absolute atomic E-state index is 13.2. The number of rotatable bonds is 5. The van der Waals surface area contributed by atoms with E-state index in [-0.39, 0.29) is 22.1 Å². The number of amides is 2. The number of nitrogens with one attached hydrogen (secondary N) is 1. The smallest absolute Gasteiger partial charge is 0.409 e. The van der Waals surface area contributed by atoms with Gasteiger partial charge in [0.05, 0.1) is 22.8 Å². The fourth-order valence-corrected chi connectivity index (χ4v) is 5.56. The van der Waals surface area contributed by atoms with E-state index in [1.54, 1.807) is 54.8 Å². The number of sulfonamides is 1. The summed E-state index contributed by atoms with van der Waals surface area (Å²) in [6.45, 7) is 8.88. The highest BCUT2D eigenvalue weighted by atomic mass is 32.2. The van der Waals surface area contributed by atoms with Crippen molar-refractivity contribution in [1.29, 1.82) is 0 Å². The number of carbonyl (C=O) groups is 2. The SMILES string of the molecule is CCOC(=O)N1CCN(C(=O)c2ccccc2NS(=O)(=O)c2c(C)cc(C)cc2C)CC1. The maximum atomic E-state index is 13.2. The molecular formula is C23H29N3O5S. The van der Waals surface area contributed by atoms with Crippen molar-refractivity contribution < 1.29 is 22.7 Å². The van der Waals surface area contributed by atoms with E-state index in [9.17, 15) is 18.0 Å². The number of aryl methyl sites for hydroxylation is 3. The van der Waals surface area contributed by atoms with Gasteiger partial charge in [-0.1, -0.05) is 29.8 Å². The molecule has 2 aromatic carbocycles. The van der Waals surface area contributed by atoms with Crippen molar-refractivity contribution >= 4 is 27.7 Å². The van der Waals surface area contributed by atoms with Gasteiger partial charge in [-0.15, -0.1) is 0 Å². The molecule has 8 nitrogen and oxygen atoms in total. The molecule has 172 valence electrons. The van der Waals surface area contributed by atoms with Crippen LogP contribution in [0.25, 0.3) is 0 Å². The van der Waals surface area contributed by atoms with Crippen molar-refractivity contribution in [2.45, 2.75) is 32.6 Å². The van der Waals surface area contributed by atoms with Gasteiger partial charge in [0, 0.05) is 26.2 Å². The third-order valence-electron chi connectivity index (χ3n) is 5.37. The van der Waals surface area contributed by atoms with E-state index in [0.717, 1.165) is 5.56 Å². The number of hydrogen-bond acceptors (Lipinski definition) is 5. The van der Waals surface area contributed by atoms with Gasteiger partial charge in [0.1, 0.15) is 0 Å². The Morgan fingerprint density at radius 1 is 0.969 bits per heavy atom. The van der Waals surface area contributed by atoms with E-state index in [0.29, 0.717) is 43.9 Å². The summed E-state index contributed by atoms with van der Waals surface area (Å²) in [7, 11) is -3.89. The molecule has 32 heavy (non-hydrogen) atoms. The molecule has 0 unspecified atom stereocenters. The minimum atomic E-state index is -3.89. The predicted octanol–water partition coefficient (Wildman–Crippen LogP) is 3.33. The maximum Gasteiger partial charge on any atom is 0.409 e. The summed E-state index contributed by atoms with van der Waals surface area (Å²) >= 11 is 0. The van der Waals surface area contributed by atoms with Gasteiger partial charge in [-0.3, -0.25) is 9.52 Å². The largest absolute Gasteiger partial charge is 0.450 e. The highest BCUT2D eigenvalue weighted by Gasteiger charge is 2.28. The molecule has 0 spiro atoms. The van der Waals surface area contributed by atoms with Crippen LogP contribution in [0, 0.1) is 20.8 Å². The number of ether oxygens (including phenoxy) is 1. The van der Waals surface area contributed by atoms with Crippen molar-refractivity contribution in [3.05, 3.63) is 58.7 Å². The number of piperazine rings is 1. The lowest BCUT2D eigenvalue weighted by Crippen LogP contribution is -2.50. The Kier molecular flexibility index (Phi) is 7.08. The molecule has 9 heteroatoms. The van der Waals surface area contributed by atoms with Gasteiger partial charge in [-0.05, 0) is 51.0 Å². The number of hydrogen-bond donors (Lipinski definition) is 1. The van der Waals surface area contributed by atoms with Crippen LogP contribution in [0.15, 0.2) is 41.3 Å². The van der Waals surface area contributed by atoms with Crippen LogP contribution >= 0.6 is 0 Å². The molecule has 0 aromatic heterocycles. The average Bonchev–Trinajstić information content (AvgIpc) is 2.72. The minimum absolute atomic E-state index is 0.216. The van der Waals surface area contributed by atoms with Gasteiger partial charge in [0.15, 0.2) is 0 Å². The molecule has 1 heterocycles. The lowest BCUT2D eigenvalue weighted by atomic mass is 10.1. The van der Waals surface area contributed by atoms with Gasteiger partial charge in [0.2, 0.25) is 0 Å². The molecule has 0 bridgehead atoms. The lowest BCUT2D eigenvalue weighted by Gasteiger charge is -2.34. The Labute approximate surface area is 189 Å². The zero-order chi connectivity index (χ0) is 23.5. The summed E-state index contributed by atoms with van der Waals surface area (Å²) in [6, 6.07) is 10.2. The molecule has 0 saturated carbocycles. The first kappa shape index (κ1) is 23.6. The zero-order valence-electron chi connectivity index (χ0n) is 18.8. The highest BCUT2D eigenvalue weighted by molar-refractivity contribution is 7.92. The quantitative estimate of drug-likeness (QED) is 0.740. The standard InChI is InChI=1S/C23H29N3O5S/c1-5-31-23(28)26-12-10-25(11-13-26)22(27)19-8-6-7-9-20(19)24-32(29,30)21-17(3)14-16(2)15-18(21)4/h6-9,14-15,24H,5,10-13H2,1-4H3. The Balaban J connectivity index is 1.81. The molecule has 2 amide bonds. The van der Waals surface area contributed by atoms with Crippen molar-refractivity contribution in [3.8, 4) is 0 Å². The topological polar surface area (TPSA) is 96.0 Å². The fraction of sp³-hybridized carbons (Fsp3) is 0.391. The molecule has 3 rings (SSSR count). The number of carbonyl (C=O) groups excluding carboxylic acids is 2. The van der Waals surface area contributed by atoms with Gasteiger partial charge >= 0.3 is 6.09 Å². The summed E-state index contributed by atoms with van der Waals surface area (Å²) < 4.78 is 34.0. The summed E-state index contributed by atoms with van der Waals surface area (Å²) in [5.74, 6) is -0.288. The van der Waals surface area contributed by atoms with Crippen molar-refractivity contribution in [2.24, 2.45) is 0 Å². The Hall–Kier alpha value is -3.07. The summed E-state index contributed by atoms with van der Waals surface area (Å²) in [5.41, 5.74) is 2.77. The zero-order valence-corrected chi connectivity index (χ0v) is 19.7. The Morgan fingerprint density at radius 3 is 2.12 bits per heavy atom. The van der Waals surface area contributed by atoms with Crippen molar-refractivity contribution in [2.75, 3.05) is 37.5 Å². The van der Waals surface area contributed by atoms with Crippen LogP contribution in [0.5, 0.6) is 0 Å². The summed E-state index contributed by atoms with van der Waals surface area (Å²) in [4.78, 5) is 28.5. The number of para-hydroxylation sites is 1. The Morgan fingerprint density at radius 2 is 1.53 bits per heavy atom. The molecule has 1 fully saturated rings. The fourth-order valence-electron chi connectivity index (χ4n) is 4.02. The van der Waals surface area contributed by atoms with Gasteiger partial charge < -0.3 is 14.5 Å². The van der Waals surface area contributed by atoms with Crippen molar-refractivity contribution in [1.82, 2.24) is 9.80 Å². The number of nitrogens with zero attached hydrogens (tertiary/aromatic N) is 2. The lowest BCUT2D eigenvalue weighted by molar-refractivity contribution is 0.0571. The second-order valence-corrected chi connectivity index (χ2v) is 9.48. The molecule has 1 aliphatic heterocycles.